The maximum absolute atomic E-state index is 8.77. The van der Waals surface area contributed by atoms with E-state index in [9.17, 15) is 0 Å². The number of nitrogens with zero attached hydrogens (tertiary/aromatic N) is 1. The van der Waals surface area contributed by atoms with Crippen molar-refractivity contribution < 1.29 is 5.11 Å². The predicted octanol–water partition coefficient (Wildman–Crippen LogP) is 2.57. The Bertz CT molecular complexity index is 517. The van der Waals surface area contributed by atoms with Crippen LogP contribution in [0.25, 0.3) is 5.69 Å². The lowest BCUT2D eigenvalue weighted by molar-refractivity contribution is 0.286. The van der Waals surface area contributed by atoms with Gasteiger partial charge in [-0.2, -0.15) is 0 Å². The topological polar surface area (TPSA) is 37.2 Å². The second-order valence-corrected chi connectivity index (χ2v) is 4.82. The van der Waals surface area contributed by atoms with Gasteiger partial charge >= 0.3 is 0 Å². The second kappa shape index (κ2) is 6.55. The lowest BCUT2D eigenvalue weighted by atomic mass is 10.2. The molecule has 3 heteroatoms. The molecule has 0 unspecified atom stereocenters. The highest BCUT2D eigenvalue weighted by molar-refractivity contribution is 5.40. The first-order valence-corrected chi connectivity index (χ1v) is 6.79. The number of rotatable bonds is 6. The molecule has 0 fully saturated rings. The minimum atomic E-state index is 0.246. The molecule has 0 saturated carbocycles. The van der Waals surface area contributed by atoms with Crippen molar-refractivity contribution in [1.82, 2.24) is 9.88 Å². The minimum absolute atomic E-state index is 0.246. The van der Waals surface area contributed by atoms with Gasteiger partial charge in [0.15, 0.2) is 0 Å². The molecular formula is C16H22N2O. The molecular weight excluding hydrogens is 236 g/mol. The summed E-state index contributed by atoms with van der Waals surface area (Å²) in [5, 5.41) is 12.1. The Balaban J connectivity index is 2.16. The fourth-order valence-electron chi connectivity index (χ4n) is 2.41. The molecule has 2 N–H and O–H groups in total. The van der Waals surface area contributed by atoms with Crippen LogP contribution in [0.1, 0.15) is 23.4 Å². The van der Waals surface area contributed by atoms with Gasteiger partial charge in [-0.1, -0.05) is 18.2 Å². The number of aliphatic hydroxyl groups is 1. The molecule has 0 atom stereocenters. The van der Waals surface area contributed by atoms with Gasteiger partial charge in [0.2, 0.25) is 0 Å². The van der Waals surface area contributed by atoms with E-state index in [0.29, 0.717) is 0 Å². The Morgan fingerprint density at radius 3 is 2.58 bits per heavy atom. The Morgan fingerprint density at radius 1 is 1.16 bits per heavy atom. The SMILES string of the molecule is Cc1cc(CNCCCO)c(C)n1-c1ccccc1. The van der Waals surface area contributed by atoms with Crippen LogP contribution < -0.4 is 5.32 Å². The molecule has 2 aromatic rings. The van der Waals surface area contributed by atoms with E-state index >= 15 is 0 Å². The number of para-hydroxylation sites is 1. The summed E-state index contributed by atoms with van der Waals surface area (Å²) in [6, 6.07) is 12.6. The van der Waals surface area contributed by atoms with Crippen LogP contribution >= 0.6 is 0 Å². The highest BCUT2D eigenvalue weighted by Gasteiger charge is 2.09. The summed E-state index contributed by atoms with van der Waals surface area (Å²) in [6.07, 6.45) is 0.803. The summed E-state index contributed by atoms with van der Waals surface area (Å²) < 4.78 is 2.28. The molecule has 1 aromatic carbocycles. The number of hydrogen-bond donors (Lipinski definition) is 2. The van der Waals surface area contributed by atoms with E-state index in [0.717, 1.165) is 19.5 Å². The van der Waals surface area contributed by atoms with Crippen molar-refractivity contribution in [2.45, 2.75) is 26.8 Å². The van der Waals surface area contributed by atoms with E-state index in [1.807, 2.05) is 6.07 Å². The first-order valence-electron chi connectivity index (χ1n) is 6.79. The number of aliphatic hydroxyl groups excluding tert-OH is 1. The lowest BCUT2D eigenvalue weighted by Gasteiger charge is -2.10. The van der Waals surface area contributed by atoms with Crippen LogP contribution in [0, 0.1) is 13.8 Å². The molecule has 102 valence electrons. The van der Waals surface area contributed by atoms with Gasteiger partial charge in [0, 0.05) is 30.2 Å². The molecule has 19 heavy (non-hydrogen) atoms. The van der Waals surface area contributed by atoms with Crippen LogP contribution in [0.5, 0.6) is 0 Å². The van der Waals surface area contributed by atoms with E-state index in [1.165, 1.54) is 22.6 Å². The number of aryl methyl sites for hydroxylation is 1. The predicted molar refractivity (Wildman–Crippen MR) is 78.7 cm³/mol. The molecule has 0 radical (unpaired) electrons. The molecule has 0 aliphatic carbocycles. The average Bonchev–Trinajstić information content (AvgIpc) is 2.71. The van der Waals surface area contributed by atoms with Crippen molar-refractivity contribution >= 4 is 0 Å². The molecule has 1 heterocycles. The maximum atomic E-state index is 8.77. The van der Waals surface area contributed by atoms with Crippen LogP contribution in [-0.2, 0) is 6.54 Å². The third-order valence-corrected chi connectivity index (χ3v) is 3.38. The van der Waals surface area contributed by atoms with Gasteiger partial charge in [-0.05, 0) is 50.6 Å². The number of hydrogen-bond acceptors (Lipinski definition) is 2. The smallest absolute Gasteiger partial charge is 0.0455 e. The third-order valence-electron chi connectivity index (χ3n) is 3.38. The highest BCUT2D eigenvalue weighted by Crippen LogP contribution is 2.20. The van der Waals surface area contributed by atoms with Gasteiger partial charge in [-0.25, -0.2) is 0 Å². The zero-order chi connectivity index (χ0) is 13.7. The second-order valence-electron chi connectivity index (χ2n) is 4.82. The minimum Gasteiger partial charge on any atom is -0.396 e. The van der Waals surface area contributed by atoms with Crippen LogP contribution in [-0.4, -0.2) is 22.8 Å². The van der Waals surface area contributed by atoms with Crippen molar-refractivity contribution in [3.63, 3.8) is 0 Å². The molecule has 0 saturated heterocycles. The normalized spacial score (nSPS) is 10.9. The largest absolute Gasteiger partial charge is 0.396 e. The van der Waals surface area contributed by atoms with Crippen molar-refractivity contribution in [2.75, 3.05) is 13.2 Å². The maximum Gasteiger partial charge on any atom is 0.0455 e. The Hall–Kier alpha value is -1.58. The van der Waals surface area contributed by atoms with Gasteiger partial charge in [-0.15, -0.1) is 0 Å². The molecule has 2 rings (SSSR count). The van der Waals surface area contributed by atoms with E-state index in [-0.39, 0.29) is 6.61 Å². The molecule has 0 aliphatic heterocycles. The molecule has 0 amide bonds. The summed E-state index contributed by atoms with van der Waals surface area (Å²) in [5.41, 5.74) is 5.06. The molecule has 0 aliphatic rings. The monoisotopic (exact) mass is 258 g/mol. The fourth-order valence-corrected chi connectivity index (χ4v) is 2.41. The summed E-state index contributed by atoms with van der Waals surface area (Å²) in [6.45, 7) is 6.24. The molecule has 0 bridgehead atoms. The summed E-state index contributed by atoms with van der Waals surface area (Å²) in [7, 11) is 0. The van der Waals surface area contributed by atoms with Crippen LogP contribution in [0.3, 0.4) is 0 Å². The van der Waals surface area contributed by atoms with Crippen molar-refractivity contribution in [3.05, 3.63) is 53.3 Å². The first-order chi connectivity index (χ1) is 9.24. The fraction of sp³-hybridized carbons (Fsp3) is 0.375. The lowest BCUT2D eigenvalue weighted by Crippen LogP contribution is -2.16. The van der Waals surface area contributed by atoms with Gasteiger partial charge in [0.05, 0.1) is 0 Å². The Morgan fingerprint density at radius 2 is 1.89 bits per heavy atom. The van der Waals surface area contributed by atoms with Crippen LogP contribution in [0.15, 0.2) is 36.4 Å². The van der Waals surface area contributed by atoms with E-state index in [1.54, 1.807) is 0 Å². The summed E-state index contributed by atoms with van der Waals surface area (Å²) in [5.74, 6) is 0. The number of nitrogens with one attached hydrogen (secondary N) is 1. The summed E-state index contributed by atoms with van der Waals surface area (Å²) in [4.78, 5) is 0. The standard InChI is InChI=1S/C16H22N2O/c1-13-11-15(12-17-9-6-10-19)14(2)18(13)16-7-4-3-5-8-16/h3-5,7-8,11,17,19H,6,9-10,12H2,1-2H3. The van der Waals surface area contributed by atoms with Gasteiger partial charge in [0.1, 0.15) is 0 Å². The molecule has 1 aromatic heterocycles. The van der Waals surface area contributed by atoms with Crippen molar-refractivity contribution in [3.8, 4) is 5.69 Å². The zero-order valence-electron chi connectivity index (χ0n) is 11.7. The zero-order valence-corrected chi connectivity index (χ0v) is 11.7. The Labute approximate surface area is 114 Å². The molecule has 3 nitrogen and oxygen atoms in total. The van der Waals surface area contributed by atoms with E-state index in [4.69, 9.17) is 5.11 Å². The van der Waals surface area contributed by atoms with E-state index < -0.39 is 0 Å². The van der Waals surface area contributed by atoms with Crippen LogP contribution in [0.4, 0.5) is 0 Å². The van der Waals surface area contributed by atoms with Crippen LogP contribution in [0.2, 0.25) is 0 Å². The number of aromatic nitrogens is 1. The third kappa shape index (κ3) is 3.25. The van der Waals surface area contributed by atoms with Gasteiger partial charge in [-0.3, -0.25) is 0 Å². The quantitative estimate of drug-likeness (QED) is 0.781. The van der Waals surface area contributed by atoms with Crippen molar-refractivity contribution in [1.29, 1.82) is 0 Å². The summed E-state index contributed by atoms with van der Waals surface area (Å²) >= 11 is 0. The average molecular weight is 258 g/mol. The Kier molecular flexibility index (Phi) is 4.77. The highest BCUT2D eigenvalue weighted by atomic mass is 16.3. The van der Waals surface area contributed by atoms with E-state index in [2.05, 4.69) is 54.1 Å². The van der Waals surface area contributed by atoms with Crippen molar-refractivity contribution in [2.24, 2.45) is 0 Å². The molecule has 0 spiro atoms. The van der Waals surface area contributed by atoms with Gasteiger partial charge in [0.25, 0.3) is 0 Å². The number of benzene rings is 1. The first kappa shape index (κ1) is 13.8. The van der Waals surface area contributed by atoms with Gasteiger partial charge < -0.3 is 15.0 Å².